The molecule has 35 valence electrons. The van der Waals surface area contributed by atoms with E-state index in [0.29, 0.717) is 0 Å². The first kappa shape index (κ1) is 4.04. The summed E-state index contributed by atoms with van der Waals surface area (Å²) in [5, 5.41) is 5.68. The van der Waals surface area contributed by atoms with Crippen molar-refractivity contribution in [1.82, 2.24) is 0 Å². The Labute approximate surface area is 38.6 Å². The summed E-state index contributed by atoms with van der Waals surface area (Å²) in [7, 11) is 0. The van der Waals surface area contributed by atoms with Crippen molar-refractivity contribution in [1.29, 1.82) is 0 Å². The minimum Gasteiger partial charge on any atom is -0.234 e. The maximum atomic E-state index is 9.90. The van der Waals surface area contributed by atoms with E-state index in [9.17, 15) is 9.70 Å². The number of rotatable bonds is 0. The molecule has 1 rings (SSSR count). The van der Waals surface area contributed by atoms with Crippen LogP contribution in [0.3, 0.4) is 0 Å². The summed E-state index contributed by atoms with van der Waals surface area (Å²) in [6, 6.07) is 0. The maximum Gasteiger partial charge on any atom is 0.435 e. The molecule has 0 bridgehead atoms. The van der Waals surface area contributed by atoms with Crippen molar-refractivity contribution in [2.75, 3.05) is 0 Å². The summed E-state index contributed by atoms with van der Waals surface area (Å²) >= 11 is 0. The highest BCUT2D eigenvalue weighted by molar-refractivity contribution is 5.83. The van der Waals surface area contributed by atoms with Crippen molar-refractivity contribution in [3.05, 3.63) is 11.5 Å². The first-order chi connectivity index (χ1) is 3.29. The number of carbonyl (C=O) groups excluding carboxylic acids is 1. The van der Waals surface area contributed by atoms with Gasteiger partial charge in [0.05, 0.1) is 4.87 Å². The zero-order valence-electron chi connectivity index (χ0n) is 3.24. The fourth-order valence-corrected chi connectivity index (χ4v) is 0.234. The molecule has 0 atom stereocenters. The van der Waals surface area contributed by atoms with Gasteiger partial charge in [-0.15, -0.1) is 0 Å². The molecule has 0 unspecified atom stereocenters. The maximum absolute atomic E-state index is 9.90. The number of nitroso groups, excluding NO2 is 1. The van der Waals surface area contributed by atoms with E-state index < -0.39 is 5.91 Å². The molecule has 1 aliphatic heterocycles. The lowest BCUT2D eigenvalue weighted by molar-refractivity contribution is -0.505. The molecule has 1 amide bonds. The molecule has 0 aromatic heterocycles. The number of hydrogen-bond acceptors (Lipinski definition) is 2. The van der Waals surface area contributed by atoms with Gasteiger partial charge in [-0.2, -0.15) is 0 Å². The molecule has 0 aliphatic carbocycles. The highest BCUT2D eigenvalue weighted by Gasteiger charge is 2.25. The molecular formula is C2HN3O2+. The van der Waals surface area contributed by atoms with Gasteiger partial charge in [-0.1, -0.05) is 0 Å². The van der Waals surface area contributed by atoms with Crippen molar-refractivity contribution < 1.29 is 9.66 Å². The van der Waals surface area contributed by atoms with Gasteiger partial charge in [0.25, 0.3) is 0 Å². The number of amides is 1. The van der Waals surface area contributed by atoms with Gasteiger partial charge >= 0.3 is 12.5 Å². The van der Waals surface area contributed by atoms with Crippen LogP contribution in [-0.4, -0.2) is 10.8 Å². The fraction of sp³-hybridized carbons (Fsp3) is 0. The van der Waals surface area contributed by atoms with Crippen LogP contribution < -0.4 is 0 Å². The highest BCUT2D eigenvalue weighted by Crippen LogP contribution is 1.95. The predicted octanol–water partition coefficient (Wildman–Crippen LogP) is -0.166. The topological polar surface area (TPSA) is 61.9 Å². The normalized spacial score (nSPS) is 18.9. The van der Waals surface area contributed by atoms with Crippen LogP contribution in [0.2, 0.25) is 0 Å². The Morgan fingerprint density at radius 3 is 2.57 bits per heavy atom. The second-order valence-corrected chi connectivity index (χ2v) is 0.959. The molecular weight excluding hydrogens is 98.0 g/mol. The van der Waals surface area contributed by atoms with Crippen molar-refractivity contribution in [3.8, 4) is 0 Å². The molecule has 1 heterocycles. The number of carbonyl (C=O) groups is 1. The van der Waals surface area contributed by atoms with Crippen LogP contribution in [0.5, 0.6) is 0 Å². The smallest absolute Gasteiger partial charge is 0.234 e. The van der Waals surface area contributed by atoms with E-state index in [1.54, 1.807) is 0 Å². The minimum absolute atomic E-state index is 0.113. The lowest BCUT2D eigenvalue weighted by Gasteiger charge is -1.58. The third kappa shape index (κ3) is 0.648. The van der Waals surface area contributed by atoms with Gasteiger partial charge < -0.3 is 0 Å². The second-order valence-electron chi connectivity index (χ2n) is 0.959. The molecule has 5 nitrogen and oxygen atoms in total. The van der Waals surface area contributed by atoms with Crippen molar-refractivity contribution in [2.24, 2.45) is 10.3 Å². The van der Waals surface area contributed by atoms with Gasteiger partial charge in [0.2, 0.25) is 0 Å². The Morgan fingerprint density at radius 2 is 2.43 bits per heavy atom. The number of hydrogen-bond donors (Lipinski definition) is 0. The average Bonchev–Trinajstić information content (AvgIpc) is 1.87. The highest BCUT2D eigenvalue weighted by atomic mass is 16.3. The van der Waals surface area contributed by atoms with Crippen LogP contribution in [0.25, 0.3) is 0 Å². The van der Waals surface area contributed by atoms with E-state index in [-0.39, 0.29) is 4.87 Å². The van der Waals surface area contributed by atoms with E-state index in [2.05, 4.69) is 10.3 Å². The van der Waals surface area contributed by atoms with Gasteiger partial charge in [0, 0.05) is 0 Å². The van der Waals surface area contributed by atoms with Crippen LogP contribution in [0.4, 0.5) is 0 Å². The van der Waals surface area contributed by atoms with Crippen molar-refractivity contribution >= 4 is 5.91 Å². The zero-order valence-corrected chi connectivity index (χ0v) is 3.24. The molecule has 0 saturated carbocycles. The SMILES string of the molecule is O=C1[CH][N+](=O)N=N1. The molecule has 0 saturated heterocycles. The molecule has 0 N–H and O–H groups in total. The Bertz CT molecular complexity index is 133. The van der Waals surface area contributed by atoms with E-state index >= 15 is 0 Å². The molecule has 1 aliphatic rings. The summed E-state index contributed by atoms with van der Waals surface area (Å²) < 4.78 is 0. The van der Waals surface area contributed by atoms with Crippen LogP contribution in [0, 0.1) is 11.5 Å². The third-order valence-electron chi connectivity index (χ3n) is 0.452. The monoisotopic (exact) mass is 99.0 g/mol. The molecule has 1 radical (unpaired) electrons. The molecule has 0 aromatic carbocycles. The van der Waals surface area contributed by atoms with Gasteiger partial charge in [0.1, 0.15) is 5.11 Å². The van der Waals surface area contributed by atoms with Crippen LogP contribution >= 0.6 is 0 Å². The molecule has 0 fully saturated rings. The average molecular weight is 99.0 g/mol. The van der Waals surface area contributed by atoms with Crippen molar-refractivity contribution in [3.63, 3.8) is 0 Å². The van der Waals surface area contributed by atoms with Crippen LogP contribution in [0.1, 0.15) is 0 Å². The standard InChI is InChI=1S/C2HN3O2/c6-2-1-5(7)4-3-2/h1H/q+1. The molecule has 5 heteroatoms. The molecule has 0 aromatic rings. The Balaban J connectivity index is 2.76. The summed E-state index contributed by atoms with van der Waals surface area (Å²) in [6.07, 6.45) is 0. The summed E-state index contributed by atoms with van der Waals surface area (Å²) in [6.45, 7) is 0.750. The predicted molar refractivity (Wildman–Crippen MR) is 17.8 cm³/mol. The molecule has 7 heavy (non-hydrogen) atoms. The van der Waals surface area contributed by atoms with E-state index in [1.165, 1.54) is 0 Å². The summed E-state index contributed by atoms with van der Waals surface area (Å²) in [5.41, 5.74) is 0. The fourth-order valence-electron chi connectivity index (χ4n) is 0.234. The van der Waals surface area contributed by atoms with Gasteiger partial charge in [0.15, 0.2) is 5.22 Å². The lowest BCUT2D eigenvalue weighted by Crippen LogP contribution is -1.93. The first-order valence-corrected chi connectivity index (χ1v) is 1.56. The third-order valence-corrected chi connectivity index (χ3v) is 0.452. The first-order valence-electron chi connectivity index (χ1n) is 1.56. The summed E-state index contributed by atoms with van der Waals surface area (Å²) in [4.78, 5) is 19.8. The largest absolute Gasteiger partial charge is 0.435 e. The van der Waals surface area contributed by atoms with E-state index in [0.717, 1.165) is 6.54 Å². The zero-order chi connectivity index (χ0) is 5.28. The molecule has 0 spiro atoms. The van der Waals surface area contributed by atoms with E-state index in [4.69, 9.17) is 0 Å². The van der Waals surface area contributed by atoms with Gasteiger partial charge in [-0.05, 0) is 4.91 Å². The quantitative estimate of drug-likeness (QED) is 0.396. The Morgan fingerprint density at radius 1 is 1.71 bits per heavy atom. The summed E-state index contributed by atoms with van der Waals surface area (Å²) in [5.74, 6) is -0.602. The van der Waals surface area contributed by atoms with E-state index in [1.807, 2.05) is 0 Å². The lowest BCUT2D eigenvalue weighted by atomic mass is 10.7. The van der Waals surface area contributed by atoms with Gasteiger partial charge in [-0.25, -0.2) is 4.79 Å². The van der Waals surface area contributed by atoms with Gasteiger partial charge in [-0.3, -0.25) is 0 Å². The minimum atomic E-state index is -0.602. The second kappa shape index (κ2) is 1.18. The van der Waals surface area contributed by atoms with Crippen molar-refractivity contribution in [2.45, 2.75) is 0 Å². The Hall–Kier alpha value is -1.13. The number of nitrogens with zero attached hydrogens (tertiary/aromatic N) is 3. The Kier molecular flexibility index (Phi) is 0.680. The van der Waals surface area contributed by atoms with Crippen LogP contribution in [-0.2, 0) is 4.79 Å². The van der Waals surface area contributed by atoms with Crippen LogP contribution in [0.15, 0.2) is 10.3 Å².